The highest BCUT2D eigenvalue weighted by Gasteiger charge is 2.39. The average molecular weight is 430 g/mol. The molecule has 1 aromatic rings. The van der Waals surface area contributed by atoms with Crippen LogP contribution in [-0.4, -0.2) is 69.6 Å². The number of carbonyl (C=O) groups excluding carboxylic acids is 3. The number of carbonyl (C=O) groups is 3. The van der Waals surface area contributed by atoms with Crippen molar-refractivity contribution in [3.05, 3.63) is 24.0 Å². The van der Waals surface area contributed by atoms with Gasteiger partial charge < -0.3 is 20.6 Å². The Hall–Kier alpha value is -2.81. The molecule has 1 unspecified atom stereocenters. The molecule has 1 atom stereocenters. The topological polar surface area (TPSA) is 135 Å². The molecule has 0 spiro atoms. The van der Waals surface area contributed by atoms with Crippen LogP contribution in [0.4, 0.5) is 5.69 Å². The Morgan fingerprint density at radius 2 is 2.00 bits per heavy atom. The molecule has 4 N–H and O–H groups in total. The summed E-state index contributed by atoms with van der Waals surface area (Å²) in [4.78, 5) is 43.0. The number of Topliss-reactive ketones (excluding diaryl/α,β-unsaturated/α-hetero) is 1. The first-order chi connectivity index (χ1) is 14.9. The van der Waals surface area contributed by atoms with Gasteiger partial charge in [0.25, 0.3) is 0 Å². The molecule has 1 aromatic heterocycles. The standard InChI is InChI=1S/C22H31N5O4/c1-15(29)20(23)16-7-10-24-12-17(16)25-13-19(30)27-11-5-6-18(27)21(31)26-22(14-28)8-3-2-4-9-22/h7,10,12,18,23,25,28H,2-6,8-9,11,13-14H2,1H3,(H,26,31). The minimum atomic E-state index is -0.581. The van der Waals surface area contributed by atoms with Crippen molar-refractivity contribution in [2.45, 2.75) is 63.5 Å². The van der Waals surface area contributed by atoms with Crippen molar-refractivity contribution in [2.75, 3.05) is 25.0 Å². The SMILES string of the molecule is CC(=O)C(=N)c1ccncc1NCC(=O)N1CCCC1C(=O)NC1(CO)CCCCC1. The van der Waals surface area contributed by atoms with Crippen LogP contribution in [0.2, 0.25) is 0 Å². The van der Waals surface area contributed by atoms with Gasteiger partial charge in [0.2, 0.25) is 11.8 Å². The van der Waals surface area contributed by atoms with Crippen molar-refractivity contribution in [1.82, 2.24) is 15.2 Å². The number of rotatable bonds is 8. The van der Waals surface area contributed by atoms with Gasteiger partial charge in [0, 0.05) is 25.2 Å². The molecular weight excluding hydrogens is 398 g/mol. The van der Waals surface area contributed by atoms with Crippen molar-refractivity contribution in [3.63, 3.8) is 0 Å². The Morgan fingerprint density at radius 1 is 1.26 bits per heavy atom. The van der Waals surface area contributed by atoms with Gasteiger partial charge in [0.05, 0.1) is 30.6 Å². The number of hydrogen-bond acceptors (Lipinski definition) is 7. The van der Waals surface area contributed by atoms with Gasteiger partial charge in [-0.1, -0.05) is 19.3 Å². The molecule has 31 heavy (non-hydrogen) atoms. The number of nitrogens with one attached hydrogen (secondary N) is 3. The van der Waals surface area contributed by atoms with Crippen molar-refractivity contribution >= 4 is 29.0 Å². The lowest BCUT2D eigenvalue weighted by atomic mass is 9.82. The van der Waals surface area contributed by atoms with Crippen LogP contribution in [-0.2, 0) is 14.4 Å². The number of aromatic nitrogens is 1. The Balaban J connectivity index is 1.63. The normalized spacial score (nSPS) is 20.2. The Bertz CT molecular complexity index is 850. The van der Waals surface area contributed by atoms with Gasteiger partial charge in [-0.15, -0.1) is 0 Å². The van der Waals surface area contributed by atoms with E-state index in [1.54, 1.807) is 11.0 Å². The minimum absolute atomic E-state index is 0.0706. The predicted molar refractivity (Wildman–Crippen MR) is 116 cm³/mol. The van der Waals surface area contributed by atoms with E-state index in [-0.39, 0.29) is 36.5 Å². The summed E-state index contributed by atoms with van der Waals surface area (Å²) in [5.74, 6) is -0.817. The third-order valence-corrected chi connectivity index (χ3v) is 6.25. The summed E-state index contributed by atoms with van der Waals surface area (Å²) >= 11 is 0. The quantitative estimate of drug-likeness (QED) is 0.459. The van der Waals surface area contributed by atoms with E-state index >= 15 is 0 Å². The summed E-state index contributed by atoms with van der Waals surface area (Å²) in [5.41, 5.74) is 0.0752. The van der Waals surface area contributed by atoms with Crippen molar-refractivity contribution in [1.29, 1.82) is 5.41 Å². The number of likely N-dealkylation sites (tertiary alicyclic amines) is 1. The largest absolute Gasteiger partial charge is 0.394 e. The van der Waals surface area contributed by atoms with Gasteiger partial charge in [-0.25, -0.2) is 0 Å². The zero-order valence-electron chi connectivity index (χ0n) is 17.9. The first kappa shape index (κ1) is 22.9. The van der Waals surface area contributed by atoms with Gasteiger partial charge in [0.1, 0.15) is 11.8 Å². The fourth-order valence-corrected chi connectivity index (χ4v) is 4.45. The molecule has 2 fully saturated rings. The Morgan fingerprint density at radius 3 is 2.68 bits per heavy atom. The summed E-state index contributed by atoms with van der Waals surface area (Å²) in [6.07, 6.45) is 8.85. The van der Waals surface area contributed by atoms with E-state index < -0.39 is 11.6 Å². The lowest BCUT2D eigenvalue weighted by Crippen LogP contribution is -2.57. The molecule has 168 valence electrons. The van der Waals surface area contributed by atoms with E-state index in [4.69, 9.17) is 5.41 Å². The van der Waals surface area contributed by atoms with Crippen molar-refractivity contribution < 1.29 is 19.5 Å². The number of aliphatic hydroxyl groups is 1. The van der Waals surface area contributed by atoms with Crippen LogP contribution < -0.4 is 10.6 Å². The van der Waals surface area contributed by atoms with Gasteiger partial charge in [-0.2, -0.15) is 0 Å². The zero-order chi connectivity index (χ0) is 22.4. The van der Waals surface area contributed by atoms with Crippen LogP contribution in [0.5, 0.6) is 0 Å². The molecule has 2 amide bonds. The summed E-state index contributed by atoms with van der Waals surface area (Å²) in [7, 11) is 0. The fraction of sp³-hybridized carbons (Fsp3) is 0.591. The highest BCUT2D eigenvalue weighted by molar-refractivity contribution is 6.45. The lowest BCUT2D eigenvalue weighted by Gasteiger charge is -2.38. The second kappa shape index (κ2) is 10.00. The summed E-state index contributed by atoms with van der Waals surface area (Å²) in [6.45, 7) is 1.65. The number of pyridine rings is 1. The highest BCUT2D eigenvalue weighted by Crippen LogP contribution is 2.29. The molecule has 1 saturated carbocycles. The average Bonchev–Trinajstić information content (AvgIpc) is 3.28. The summed E-state index contributed by atoms with van der Waals surface area (Å²) in [6, 6.07) is 1.00. The molecule has 3 rings (SSSR count). The van der Waals surface area contributed by atoms with E-state index in [1.165, 1.54) is 19.3 Å². The number of hydrogen-bond donors (Lipinski definition) is 4. The molecule has 0 radical (unpaired) electrons. The monoisotopic (exact) mass is 429 g/mol. The van der Waals surface area contributed by atoms with Crippen molar-refractivity contribution in [3.8, 4) is 0 Å². The van der Waals surface area contributed by atoms with E-state index in [2.05, 4.69) is 15.6 Å². The predicted octanol–water partition coefficient (Wildman–Crippen LogP) is 1.25. The van der Waals surface area contributed by atoms with Crippen LogP contribution in [0.3, 0.4) is 0 Å². The zero-order valence-corrected chi connectivity index (χ0v) is 17.9. The summed E-state index contributed by atoms with van der Waals surface area (Å²) in [5, 5.41) is 23.8. The maximum absolute atomic E-state index is 13.0. The maximum atomic E-state index is 13.0. The van der Waals surface area contributed by atoms with E-state index in [0.29, 0.717) is 24.2 Å². The first-order valence-corrected chi connectivity index (χ1v) is 10.9. The van der Waals surface area contributed by atoms with E-state index in [1.807, 2.05) is 0 Å². The molecule has 9 nitrogen and oxygen atoms in total. The van der Waals surface area contributed by atoms with Crippen LogP contribution in [0.15, 0.2) is 18.5 Å². The van der Waals surface area contributed by atoms with E-state index in [0.717, 1.165) is 38.5 Å². The third-order valence-electron chi connectivity index (χ3n) is 6.25. The lowest BCUT2D eigenvalue weighted by molar-refractivity contribution is -0.138. The van der Waals surface area contributed by atoms with Crippen LogP contribution >= 0.6 is 0 Å². The first-order valence-electron chi connectivity index (χ1n) is 10.9. The highest BCUT2D eigenvalue weighted by atomic mass is 16.3. The number of nitrogens with zero attached hydrogens (tertiary/aromatic N) is 2. The van der Waals surface area contributed by atoms with Gasteiger partial charge in [0.15, 0.2) is 5.78 Å². The van der Waals surface area contributed by atoms with Crippen LogP contribution in [0, 0.1) is 5.41 Å². The smallest absolute Gasteiger partial charge is 0.243 e. The molecule has 1 aliphatic carbocycles. The molecule has 2 heterocycles. The summed E-state index contributed by atoms with van der Waals surface area (Å²) < 4.78 is 0. The van der Waals surface area contributed by atoms with Gasteiger partial charge >= 0.3 is 0 Å². The van der Waals surface area contributed by atoms with Crippen molar-refractivity contribution in [2.24, 2.45) is 0 Å². The van der Waals surface area contributed by atoms with Gasteiger partial charge in [-0.05, 0) is 31.7 Å². The fourth-order valence-electron chi connectivity index (χ4n) is 4.45. The third kappa shape index (κ3) is 5.28. The molecule has 9 heteroatoms. The number of aliphatic hydroxyl groups excluding tert-OH is 1. The number of anilines is 1. The number of ketones is 1. The van der Waals surface area contributed by atoms with Crippen LogP contribution in [0.25, 0.3) is 0 Å². The Kier molecular flexibility index (Phi) is 7.37. The second-order valence-electron chi connectivity index (χ2n) is 8.44. The molecule has 1 aliphatic heterocycles. The number of amides is 2. The molecule has 1 saturated heterocycles. The van der Waals surface area contributed by atoms with Gasteiger partial charge in [-0.3, -0.25) is 24.8 Å². The van der Waals surface area contributed by atoms with Crippen LogP contribution in [0.1, 0.15) is 57.4 Å². The molecular formula is C22H31N5O4. The maximum Gasteiger partial charge on any atom is 0.243 e. The molecule has 0 bridgehead atoms. The molecule has 2 aliphatic rings. The Labute approximate surface area is 182 Å². The second-order valence-corrected chi connectivity index (χ2v) is 8.44. The molecule has 0 aromatic carbocycles. The van der Waals surface area contributed by atoms with E-state index in [9.17, 15) is 19.5 Å². The minimum Gasteiger partial charge on any atom is -0.394 e.